The average Bonchev–Trinajstić information content (AvgIpc) is 2.28. The number of nitrogens with zero attached hydrogens (tertiary/aromatic N) is 1. The number of hydrogen-bond acceptors (Lipinski definition) is 4. The van der Waals surface area contributed by atoms with E-state index in [9.17, 15) is 5.11 Å². The Kier molecular flexibility index (Phi) is 4.67. The molecule has 1 aromatic carbocycles. The molecule has 0 amide bonds. The SMILES string of the molecule is CN(CC(O)CO)c1ccc(C(N)=S)cc1. The second kappa shape index (κ2) is 5.79. The summed E-state index contributed by atoms with van der Waals surface area (Å²) in [7, 11) is 1.84. The quantitative estimate of drug-likeness (QED) is 0.637. The zero-order chi connectivity index (χ0) is 12.1. The molecule has 88 valence electrons. The summed E-state index contributed by atoms with van der Waals surface area (Å²) in [5, 5.41) is 18.0. The molecule has 4 nitrogen and oxygen atoms in total. The number of anilines is 1. The van der Waals surface area contributed by atoms with Crippen LogP contribution in [0.3, 0.4) is 0 Å². The van der Waals surface area contributed by atoms with Gasteiger partial charge in [-0.05, 0) is 24.3 Å². The minimum Gasteiger partial charge on any atom is -0.394 e. The molecule has 16 heavy (non-hydrogen) atoms. The Labute approximate surface area is 100 Å². The monoisotopic (exact) mass is 240 g/mol. The number of likely N-dealkylation sites (N-methyl/N-ethyl adjacent to an activating group) is 1. The predicted octanol–water partition coefficient (Wildman–Crippen LogP) is 0.110. The van der Waals surface area contributed by atoms with Gasteiger partial charge in [0.15, 0.2) is 0 Å². The minimum atomic E-state index is -0.736. The van der Waals surface area contributed by atoms with E-state index in [1.165, 1.54) is 0 Å². The number of hydrogen-bond donors (Lipinski definition) is 3. The van der Waals surface area contributed by atoms with Crippen LogP contribution in [0.4, 0.5) is 5.69 Å². The molecule has 0 saturated carbocycles. The highest BCUT2D eigenvalue weighted by Gasteiger charge is 2.07. The Morgan fingerprint density at radius 3 is 2.44 bits per heavy atom. The fourth-order valence-electron chi connectivity index (χ4n) is 1.36. The zero-order valence-corrected chi connectivity index (χ0v) is 9.94. The van der Waals surface area contributed by atoms with E-state index < -0.39 is 6.10 Å². The summed E-state index contributed by atoms with van der Waals surface area (Å²) in [6, 6.07) is 7.41. The van der Waals surface area contributed by atoms with Crippen molar-refractivity contribution in [2.24, 2.45) is 5.73 Å². The zero-order valence-electron chi connectivity index (χ0n) is 9.13. The maximum atomic E-state index is 9.30. The van der Waals surface area contributed by atoms with Crippen LogP contribution in [0.1, 0.15) is 5.56 Å². The standard InChI is InChI=1S/C11H16N2O2S/c1-13(6-10(15)7-14)9-4-2-8(3-5-9)11(12)16/h2-5,10,14-15H,6-7H2,1H3,(H2,12,16). The van der Waals surface area contributed by atoms with Crippen molar-refractivity contribution in [3.63, 3.8) is 0 Å². The molecule has 1 aromatic rings. The largest absolute Gasteiger partial charge is 0.394 e. The van der Waals surface area contributed by atoms with E-state index in [2.05, 4.69) is 0 Å². The molecule has 0 spiro atoms. The third-order valence-corrected chi connectivity index (χ3v) is 2.52. The molecule has 0 saturated heterocycles. The lowest BCUT2D eigenvalue weighted by molar-refractivity contribution is 0.101. The van der Waals surface area contributed by atoms with Gasteiger partial charge in [-0.3, -0.25) is 0 Å². The Balaban J connectivity index is 2.70. The molecule has 1 rings (SSSR count). The third-order valence-electron chi connectivity index (χ3n) is 2.29. The number of nitrogens with two attached hydrogens (primary N) is 1. The maximum Gasteiger partial charge on any atom is 0.103 e. The van der Waals surface area contributed by atoms with Gasteiger partial charge in [-0.1, -0.05) is 12.2 Å². The van der Waals surface area contributed by atoms with Crippen LogP contribution in [0.15, 0.2) is 24.3 Å². The molecular weight excluding hydrogens is 224 g/mol. The summed E-state index contributed by atoms with van der Waals surface area (Å²) in [6.07, 6.45) is -0.736. The number of aliphatic hydroxyl groups is 2. The fourth-order valence-corrected chi connectivity index (χ4v) is 1.50. The highest BCUT2D eigenvalue weighted by molar-refractivity contribution is 7.80. The van der Waals surface area contributed by atoms with E-state index >= 15 is 0 Å². The molecule has 0 aliphatic carbocycles. The van der Waals surface area contributed by atoms with Crippen molar-refractivity contribution >= 4 is 22.9 Å². The van der Waals surface area contributed by atoms with Crippen molar-refractivity contribution in [1.29, 1.82) is 0 Å². The van der Waals surface area contributed by atoms with E-state index in [0.717, 1.165) is 11.3 Å². The third kappa shape index (κ3) is 3.44. The number of rotatable bonds is 5. The molecule has 1 unspecified atom stereocenters. The van der Waals surface area contributed by atoms with Gasteiger partial charge >= 0.3 is 0 Å². The Hall–Kier alpha value is -1.17. The van der Waals surface area contributed by atoms with Crippen LogP contribution in [0, 0.1) is 0 Å². The molecule has 4 N–H and O–H groups in total. The first-order chi connectivity index (χ1) is 7.54. The van der Waals surface area contributed by atoms with Gasteiger partial charge in [0.2, 0.25) is 0 Å². The Bertz CT molecular complexity index is 354. The molecule has 0 bridgehead atoms. The van der Waals surface area contributed by atoms with Gasteiger partial charge in [-0.15, -0.1) is 0 Å². The molecule has 0 aromatic heterocycles. The van der Waals surface area contributed by atoms with Crippen LogP contribution >= 0.6 is 12.2 Å². The Morgan fingerprint density at radius 1 is 1.44 bits per heavy atom. The van der Waals surface area contributed by atoms with Gasteiger partial charge in [-0.25, -0.2) is 0 Å². The van der Waals surface area contributed by atoms with Crippen LogP contribution < -0.4 is 10.6 Å². The van der Waals surface area contributed by atoms with Crippen molar-refractivity contribution < 1.29 is 10.2 Å². The molecule has 5 heteroatoms. The first kappa shape index (κ1) is 12.9. The molecule has 0 fully saturated rings. The first-order valence-electron chi connectivity index (χ1n) is 4.94. The average molecular weight is 240 g/mol. The highest BCUT2D eigenvalue weighted by Crippen LogP contribution is 2.14. The lowest BCUT2D eigenvalue weighted by Crippen LogP contribution is -2.31. The van der Waals surface area contributed by atoms with Gasteiger partial charge in [0.25, 0.3) is 0 Å². The lowest BCUT2D eigenvalue weighted by atomic mass is 10.2. The lowest BCUT2D eigenvalue weighted by Gasteiger charge is -2.21. The van der Waals surface area contributed by atoms with Crippen LogP contribution in [0.25, 0.3) is 0 Å². The minimum absolute atomic E-state index is 0.241. The number of benzene rings is 1. The molecular formula is C11H16N2O2S. The van der Waals surface area contributed by atoms with Gasteiger partial charge in [-0.2, -0.15) is 0 Å². The number of aliphatic hydroxyl groups excluding tert-OH is 2. The van der Waals surface area contributed by atoms with E-state index in [4.69, 9.17) is 23.1 Å². The van der Waals surface area contributed by atoms with Gasteiger partial charge < -0.3 is 20.8 Å². The van der Waals surface area contributed by atoms with Crippen LogP contribution in [-0.2, 0) is 0 Å². The summed E-state index contributed by atoms with van der Waals surface area (Å²) in [4.78, 5) is 2.22. The van der Waals surface area contributed by atoms with Gasteiger partial charge in [0.05, 0.1) is 12.7 Å². The Morgan fingerprint density at radius 2 is 2.00 bits per heavy atom. The van der Waals surface area contributed by atoms with Crippen molar-refractivity contribution in [2.75, 3.05) is 25.1 Å². The molecule has 1 atom stereocenters. The summed E-state index contributed by atoms with van der Waals surface area (Å²) in [6.45, 7) is 0.137. The predicted molar refractivity (Wildman–Crippen MR) is 68.7 cm³/mol. The second-order valence-electron chi connectivity index (χ2n) is 3.63. The van der Waals surface area contributed by atoms with E-state index in [0.29, 0.717) is 11.5 Å². The van der Waals surface area contributed by atoms with Crippen molar-refractivity contribution in [3.8, 4) is 0 Å². The van der Waals surface area contributed by atoms with Gasteiger partial charge in [0.1, 0.15) is 4.99 Å². The normalized spacial score (nSPS) is 12.2. The van der Waals surface area contributed by atoms with E-state index in [1.807, 2.05) is 36.2 Å². The van der Waals surface area contributed by atoms with Crippen LogP contribution in [0.5, 0.6) is 0 Å². The van der Waals surface area contributed by atoms with E-state index in [1.54, 1.807) is 0 Å². The van der Waals surface area contributed by atoms with Crippen molar-refractivity contribution in [1.82, 2.24) is 0 Å². The fraction of sp³-hybridized carbons (Fsp3) is 0.364. The number of thiocarbonyl (C=S) groups is 1. The summed E-state index contributed by atoms with van der Waals surface area (Å²) < 4.78 is 0. The van der Waals surface area contributed by atoms with Crippen LogP contribution in [0.2, 0.25) is 0 Å². The van der Waals surface area contributed by atoms with E-state index in [-0.39, 0.29) is 6.61 Å². The first-order valence-corrected chi connectivity index (χ1v) is 5.35. The topological polar surface area (TPSA) is 69.7 Å². The van der Waals surface area contributed by atoms with Gasteiger partial charge in [0, 0.05) is 24.8 Å². The van der Waals surface area contributed by atoms with Crippen molar-refractivity contribution in [2.45, 2.75) is 6.10 Å². The summed E-state index contributed by atoms with van der Waals surface area (Å²) in [5.41, 5.74) is 7.24. The summed E-state index contributed by atoms with van der Waals surface area (Å²) in [5.74, 6) is 0. The molecule has 0 aliphatic rings. The van der Waals surface area contributed by atoms with Crippen LogP contribution in [-0.4, -0.2) is 41.5 Å². The highest BCUT2D eigenvalue weighted by atomic mass is 32.1. The molecule has 0 radical (unpaired) electrons. The van der Waals surface area contributed by atoms with Crippen molar-refractivity contribution in [3.05, 3.63) is 29.8 Å². The summed E-state index contributed by atoms with van der Waals surface area (Å²) >= 11 is 4.85. The second-order valence-corrected chi connectivity index (χ2v) is 4.07. The maximum absolute atomic E-state index is 9.30. The molecule has 0 aliphatic heterocycles. The molecule has 0 heterocycles. The smallest absolute Gasteiger partial charge is 0.103 e.